The molecule has 1 saturated heterocycles. The average Bonchev–Trinajstić information content (AvgIpc) is 2.30. The van der Waals surface area contributed by atoms with E-state index in [0.29, 0.717) is 11.7 Å². The van der Waals surface area contributed by atoms with Gasteiger partial charge >= 0.3 is 0 Å². The van der Waals surface area contributed by atoms with Crippen LogP contribution in [-0.4, -0.2) is 36.8 Å². The van der Waals surface area contributed by atoms with Crippen LogP contribution in [0.1, 0.15) is 12.8 Å². The van der Waals surface area contributed by atoms with E-state index in [9.17, 15) is 4.39 Å². The maximum Gasteiger partial charge on any atom is 0.218 e. The Bertz CT molecular complexity index is 342. The van der Waals surface area contributed by atoms with E-state index in [4.69, 9.17) is 4.74 Å². The highest BCUT2D eigenvalue weighted by atomic mass is 19.1. The standard InChI is InChI=1S/C11H16FN3O/c1-15(6-9-3-2-4-16-7-9)11-5-10(12)13-8-14-11/h5,8-9H,2-4,6-7H2,1H3. The molecule has 0 aliphatic carbocycles. The summed E-state index contributed by atoms with van der Waals surface area (Å²) in [7, 11) is 1.91. The Labute approximate surface area is 94.5 Å². The van der Waals surface area contributed by atoms with Crippen LogP contribution in [0, 0.1) is 11.9 Å². The Morgan fingerprint density at radius 1 is 1.56 bits per heavy atom. The molecule has 88 valence electrons. The van der Waals surface area contributed by atoms with Crippen molar-refractivity contribution in [1.82, 2.24) is 9.97 Å². The minimum Gasteiger partial charge on any atom is -0.381 e. The molecule has 1 aliphatic heterocycles. The van der Waals surface area contributed by atoms with Gasteiger partial charge in [0.25, 0.3) is 0 Å². The molecule has 1 fully saturated rings. The average molecular weight is 225 g/mol. The van der Waals surface area contributed by atoms with E-state index in [2.05, 4.69) is 9.97 Å². The molecule has 1 unspecified atom stereocenters. The van der Waals surface area contributed by atoms with Crippen LogP contribution in [0.2, 0.25) is 0 Å². The van der Waals surface area contributed by atoms with Crippen molar-refractivity contribution >= 4 is 5.82 Å². The van der Waals surface area contributed by atoms with Crippen LogP contribution in [0.3, 0.4) is 0 Å². The maximum absolute atomic E-state index is 12.9. The predicted octanol–water partition coefficient (Wildman–Crippen LogP) is 1.48. The van der Waals surface area contributed by atoms with Crippen LogP contribution in [-0.2, 0) is 4.74 Å². The lowest BCUT2D eigenvalue weighted by molar-refractivity contribution is 0.0576. The monoisotopic (exact) mass is 225 g/mol. The van der Waals surface area contributed by atoms with E-state index in [1.807, 2.05) is 11.9 Å². The van der Waals surface area contributed by atoms with Gasteiger partial charge in [0.2, 0.25) is 5.95 Å². The topological polar surface area (TPSA) is 38.2 Å². The van der Waals surface area contributed by atoms with Gasteiger partial charge in [-0.3, -0.25) is 0 Å². The predicted molar refractivity (Wildman–Crippen MR) is 58.8 cm³/mol. The van der Waals surface area contributed by atoms with Crippen LogP contribution >= 0.6 is 0 Å². The Balaban J connectivity index is 1.94. The molecule has 5 heteroatoms. The summed E-state index contributed by atoms with van der Waals surface area (Å²) in [5.41, 5.74) is 0. The lowest BCUT2D eigenvalue weighted by atomic mass is 10.0. The first kappa shape index (κ1) is 11.3. The lowest BCUT2D eigenvalue weighted by Crippen LogP contribution is -2.31. The fraction of sp³-hybridized carbons (Fsp3) is 0.636. The molecule has 4 nitrogen and oxygen atoms in total. The van der Waals surface area contributed by atoms with Gasteiger partial charge in [-0.2, -0.15) is 4.39 Å². The molecule has 16 heavy (non-hydrogen) atoms. The summed E-state index contributed by atoms with van der Waals surface area (Å²) in [5, 5.41) is 0. The number of hydrogen-bond donors (Lipinski definition) is 0. The van der Waals surface area contributed by atoms with E-state index >= 15 is 0 Å². The Hall–Kier alpha value is -1.23. The van der Waals surface area contributed by atoms with E-state index < -0.39 is 5.95 Å². The third kappa shape index (κ3) is 2.88. The van der Waals surface area contributed by atoms with E-state index in [1.54, 1.807) is 0 Å². The summed E-state index contributed by atoms with van der Waals surface area (Å²) < 4.78 is 18.3. The van der Waals surface area contributed by atoms with Crippen molar-refractivity contribution in [2.75, 3.05) is 31.7 Å². The molecule has 2 rings (SSSR count). The van der Waals surface area contributed by atoms with Gasteiger partial charge in [-0.05, 0) is 18.8 Å². The lowest BCUT2D eigenvalue weighted by Gasteiger charge is -2.27. The molecule has 0 saturated carbocycles. The van der Waals surface area contributed by atoms with Crippen LogP contribution in [0.4, 0.5) is 10.2 Å². The Morgan fingerprint density at radius 2 is 2.44 bits per heavy atom. The van der Waals surface area contributed by atoms with Gasteiger partial charge < -0.3 is 9.64 Å². The molecule has 1 atom stereocenters. The van der Waals surface area contributed by atoms with Crippen LogP contribution in [0.25, 0.3) is 0 Å². The fourth-order valence-electron chi connectivity index (χ4n) is 1.97. The third-order valence-electron chi connectivity index (χ3n) is 2.80. The minimum atomic E-state index is -0.489. The van der Waals surface area contributed by atoms with Crippen LogP contribution in [0.5, 0.6) is 0 Å². The summed E-state index contributed by atoms with van der Waals surface area (Å²) >= 11 is 0. The summed E-state index contributed by atoms with van der Waals surface area (Å²) in [6.45, 7) is 2.50. The number of rotatable bonds is 3. The van der Waals surface area contributed by atoms with Gasteiger partial charge in [0.1, 0.15) is 12.1 Å². The summed E-state index contributed by atoms with van der Waals surface area (Å²) in [6.07, 6.45) is 3.52. The molecule has 0 N–H and O–H groups in total. The number of hydrogen-bond acceptors (Lipinski definition) is 4. The zero-order valence-corrected chi connectivity index (χ0v) is 9.40. The first-order chi connectivity index (χ1) is 7.75. The molecule has 1 aromatic heterocycles. The molecular formula is C11H16FN3O. The van der Waals surface area contributed by atoms with E-state index in [-0.39, 0.29) is 0 Å². The highest BCUT2D eigenvalue weighted by Crippen LogP contribution is 2.17. The van der Waals surface area contributed by atoms with Gasteiger partial charge in [-0.15, -0.1) is 0 Å². The van der Waals surface area contributed by atoms with Gasteiger partial charge in [-0.25, -0.2) is 9.97 Å². The largest absolute Gasteiger partial charge is 0.381 e. The molecule has 1 aliphatic rings. The highest BCUT2D eigenvalue weighted by molar-refractivity contribution is 5.35. The molecule has 0 radical (unpaired) electrons. The van der Waals surface area contributed by atoms with Gasteiger partial charge in [-0.1, -0.05) is 0 Å². The maximum atomic E-state index is 12.9. The van der Waals surface area contributed by atoms with Crippen molar-refractivity contribution in [2.45, 2.75) is 12.8 Å². The van der Waals surface area contributed by atoms with E-state index in [0.717, 1.165) is 32.6 Å². The molecule has 2 heterocycles. The van der Waals surface area contributed by atoms with Crippen molar-refractivity contribution in [3.63, 3.8) is 0 Å². The van der Waals surface area contributed by atoms with Gasteiger partial charge in [0, 0.05) is 26.3 Å². The Morgan fingerprint density at radius 3 is 3.12 bits per heavy atom. The SMILES string of the molecule is CN(CC1CCCOC1)c1cc(F)ncn1. The number of halogens is 1. The zero-order chi connectivity index (χ0) is 11.4. The Kier molecular flexibility index (Phi) is 3.66. The van der Waals surface area contributed by atoms with Crippen LogP contribution in [0.15, 0.2) is 12.4 Å². The second-order valence-electron chi connectivity index (χ2n) is 4.16. The number of ether oxygens (including phenoxy) is 1. The van der Waals surface area contributed by atoms with Gasteiger partial charge in [0.05, 0.1) is 6.61 Å². The van der Waals surface area contributed by atoms with Crippen molar-refractivity contribution in [2.24, 2.45) is 5.92 Å². The summed E-state index contributed by atoms with van der Waals surface area (Å²) in [4.78, 5) is 9.43. The normalized spacial score (nSPS) is 20.8. The molecular weight excluding hydrogens is 209 g/mol. The molecule has 0 aromatic carbocycles. The second-order valence-corrected chi connectivity index (χ2v) is 4.16. The summed E-state index contributed by atoms with van der Waals surface area (Å²) in [5.74, 6) is 0.645. The van der Waals surface area contributed by atoms with Crippen molar-refractivity contribution in [1.29, 1.82) is 0 Å². The van der Waals surface area contributed by atoms with Gasteiger partial charge in [0.15, 0.2) is 0 Å². The number of aromatic nitrogens is 2. The van der Waals surface area contributed by atoms with Crippen LogP contribution < -0.4 is 4.90 Å². The first-order valence-corrected chi connectivity index (χ1v) is 5.52. The third-order valence-corrected chi connectivity index (χ3v) is 2.80. The fourth-order valence-corrected chi connectivity index (χ4v) is 1.97. The second kappa shape index (κ2) is 5.21. The van der Waals surface area contributed by atoms with Crippen molar-refractivity contribution in [3.8, 4) is 0 Å². The molecule has 1 aromatic rings. The number of anilines is 1. The molecule has 0 amide bonds. The zero-order valence-electron chi connectivity index (χ0n) is 9.40. The smallest absolute Gasteiger partial charge is 0.218 e. The summed E-state index contributed by atoms with van der Waals surface area (Å²) in [6, 6.07) is 1.35. The highest BCUT2D eigenvalue weighted by Gasteiger charge is 2.16. The molecule has 0 bridgehead atoms. The number of nitrogens with zero attached hydrogens (tertiary/aromatic N) is 3. The first-order valence-electron chi connectivity index (χ1n) is 5.52. The molecule has 0 spiro atoms. The van der Waals surface area contributed by atoms with Crippen molar-refractivity contribution < 1.29 is 9.13 Å². The quantitative estimate of drug-likeness (QED) is 0.730. The minimum absolute atomic E-state index is 0.489. The van der Waals surface area contributed by atoms with Crippen molar-refractivity contribution in [3.05, 3.63) is 18.3 Å². The van der Waals surface area contributed by atoms with E-state index in [1.165, 1.54) is 12.4 Å².